The lowest BCUT2D eigenvalue weighted by Gasteiger charge is -2.14. The summed E-state index contributed by atoms with van der Waals surface area (Å²) in [5.74, 6) is 0.561. The highest BCUT2D eigenvalue weighted by atomic mass is 79.9. The molecule has 1 unspecified atom stereocenters. The van der Waals surface area contributed by atoms with Crippen LogP contribution in [-0.4, -0.2) is 0 Å². The molecule has 0 saturated carbocycles. The molecule has 100 valence electrons. The van der Waals surface area contributed by atoms with Crippen molar-refractivity contribution in [1.29, 1.82) is 0 Å². The number of alkyl halides is 1. The van der Waals surface area contributed by atoms with Gasteiger partial charge in [0.2, 0.25) is 0 Å². The third kappa shape index (κ3) is 3.40. The molecular formula is C17H18BrCl. The monoisotopic (exact) mass is 336 g/mol. The van der Waals surface area contributed by atoms with E-state index >= 15 is 0 Å². The van der Waals surface area contributed by atoms with Crippen molar-refractivity contribution in [1.82, 2.24) is 0 Å². The minimum atomic E-state index is 0.141. The number of rotatable bonds is 3. The fraction of sp³-hybridized carbons (Fsp3) is 0.294. The van der Waals surface area contributed by atoms with Gasteiger partial charge in [0, 0.05) is 5.02 Å². The summed E-state index contributed by atoms with van der Waals surface area (Å²) in [6.45, 7) is 6.46. The van der Waals surface area contributed by atoms with Crippen LogP contribution in [-0.2, 0) is 0 Å². The van der Waals surface area contributed by atoms with E-state index in [1.165, 1.54) is 16.7 Å². The van der Waals surface area contributed by atoms with Gasteiger partial charge in [0.1, 0.15) is 0 Å². The topological polar surface area (TPSA) is 0 Å². The molecule has 0 heterocycles. The van der Waals surface area contributed by atoms with E-state index < -0.39 is 0 Å². The van der Waals surface area contributed by atoms with Crippen LogP contribution in [0.1, 0.15) is 46.8 Å². The smallest absolute Gasteiger partial charge is 0.0659 e. The molecule has 2 aromatic carbocycles. The predicted molar refractivity (Wildman–Crippen MR) is 87.5 cm³/mol. The zero-order valence-electron chi connectivity index (χ0n) is 11.5. The molecule has 0 bridgehead atoms. The maximum Gasteiger partial charge on any atom is 0.0659 e. The van der Waals surface area contributed by atoms with Crippen molar-refractivity contribution in [2.24, 2.45) is 0 Å². The Labute approximate surface area is 128 Å². The molecule has 0 spiro atoms. The van der Waals surface area contributed by atoms with E-state index in [0.717, 1.165) is 10.6 Å². The normalized spacial score (nSPS) is 12.7. The highest BCUT2D eigenvalue weighted by molar-refractivity contribution is 9.09. The molecule has 0 amide bonds. The van der Waals surface area contributed by atoms with Gasteiger partial charge in [-0.1, -0.05) is 77.8 Å². The Hall–Kier alpha value is -0.790. The van der Waals surface area contributed by atoms with E-state index in [-0.39, 0.29) is 4.83 Å². The minimum Gasteiger partial charge on any atom is -0.0840 e. The SMILES string of the molecule is Cc1ccc(C(Br)c2ccc(C(C)C)cc2)c(Cl)c1. The number of hydrogen-bond acceptors (Lipinski definition) is 0. The van der Waals surface area contributed by atoms with Crippen molar-refractivity contribution in [3.05, 3.63) is 69.7 Å². The summed E-state index contributed by atoms with van der Waals surface area (Å²) in [6, 6.07) is 14.9. The Bertz CT molecular complexity index is 558. The van der Waals surface area contributed by atoms with Gasteiger partial charge in [-0.2, -0.15) is 0 Å². The van der Waals surface area contributed by atoms with Crippen LogP contribution in [0.25, 0.3) is 0 Å². The van der Waals surface area contributed by atoms with E-state index in [0.29, 0.717) is 5.92 Å². The first-order valence-electron chi connectivity index (χ1n) is 6.49. The molecule has 19 heavy (non-hydrogen) atoms. The molecule has 0 fully saturated rings. The van der Waals surface area contributed by atoms with E-state index in [9.17, 15) is 0 Å². The molecule has 0 saturated heterocycles. The second-order valence-corrected chi connectivity index (χ2v) is 6.53. The van der Waals surface area contributed by atoms with Crippen LogP contribution in [0.5, 0.6) is 0 Å². The van der Waals surface area contributed by atoms with Gasteiger partial charge in [0.25, 0.3) is 0 Å². The Morgan fingerprint density at radius 2 is 1.53 bits per heavy atom. The maximum atomic E-state index is 6.33. The molecule has 1 atom stereocenters. The molecule has 0 N–H and O–H groups in total. The quantitative estimate of drug-likeness (QED) is 0.580. The Morgan fingerprint density at radius 1 is 0.947 bits per heavy atom. The minimum absolute atomic E-state index is 0.141. The lowest BCUT2D eigenvalue weighted by Crippen LogP contribution is -1.95. The van der Waals surface area contributed by atoms with E-state index in [1.807, 2.05) is 6.07 Å². The zero-order valence-corrected chi connectivity index (χ0v) is 13.8. The first kappa shape index (κ1) is 14.6. The summed E-state index contributed by atoms with van der Waals surface area (Å²) in [5.41, 5.74) is 4.89. The third-order valence-electron chi connectivity index (χ3n) is 3.32. The summed E-state index contributed by atoms with van der Waals surface area (Å²) < 4.78 is 0. The fourth-order valence-corrected chi connectivity index (χ4v) is 3.25. The van der Waals surface area contributed by atoms with Crippen molar-refractivity contribution in [3.63, 3.8) is 0 Å². The van der Waals surface area contributed by atoms with Gasteiger partial charge >= 0.3 is 0 Å². The Morgan fingerprint density at radius 3 is 2.05 bits per heavy atom. The van der Waals surface area contributed by atoms with Crippen LogP contribution < -0.4 is 0 Å². The number of halogens is 2. The van der Waals surface area contributed by atoms with Crippen LogP contribution in [0.4, 0.5) is 0 Å². The lowest BCUT2D eigenvalue weighted by atomic mass is 9.98. The molecule has 0 aliphatic carbocycles. The van der Waals surface area contributed by atoms with Crippen molar-refractivity contribution >= 4 is 27.5 Å². The molecule has 0 radical (unpaired) electrons. The second-order valence-electron chi connectivity index (χ2n) is 5.21. The van der Waals surface area contributed by atoms with Gasteiger partial charge in [-0.3, -0.25) is 0 Å². The molecule has 0 nitrogen and oxygen atoms in total. The Balaban J connectivity index is 2.30. The van der Waals surface area contributed by atoms with Crippen molar-refractivity contribution < 1.29 is 0 Å². The highest BCUT2D eigenvalue weighted by Gasteiger charge is 2.14. The molecule has 2 rings (SSSR count). The van der Waals surface area contributed by atoms with Gasteiger partial charge in [-0.15, -0.1) is 0 Å². The summed E-state index contributed by atoms with van der Waals surface area (Å²) in [6.07, 6.45) is 0. The van der Waals surface area contributed by atoms with Crippen LogP contribution in [0, 0.1) is 6.92 Å². The Kier molecular flexibility index (Phi) is 4.70. The van der Waals surface area contributed by atoms with Gasteiger partial charge in [0.15, 0.2) is 0 Å². The van der Waals surface area contributed by atoms with E-state index in [1.54, 1.807) is 0 Å². The highest BCUT2D eigenvalue weighted by Crippen LogP contribution is 2.35. The predicted octanol–water partition coefficient (Wildman–Crippen LogP) is 6.26. The van der Waals surface area contributed by atoms with Crippen molar-refractivity contribution in [2.75, 3.05) is 0 Å². The van der Waals surface area contributed by atoms with Gasteiger partial charge < -0.3 is 0 Å². The maximum absolute atomic E-state index is 6.33. The van der Waals surface area contributed by atoms with Crippen LogP contribution in [0.3, 0.4) is 0 Å². The largest absolute Gasteiger partial charge is 0.0840 e. The molecule has 0 aliphatic heterocycles. The number of benzene rings is 2. The third-order valence-corrected chi connectivity index (χ3v) is 4.67. The summed E-state index contributed by atoms with van der Waals surface area (Å²) in [7, 11) is 0. The summed E-state index contributed by atoms with van der Waals surface area (Å²) in [4.78, 5) is 0.141. The fourth-order valence-electron chi connectivity index (χ4n) is 2.07. The molecule has 2 heteroatoms. The average molecular weight is 338 g/mol. The first-order valence-corrected chi connectivity index (χ1v) is 7.78. The van der Waals surface area contributed by atoms with Gasteiger partial charge in [-0.05, 0) is 41.2 Å². The lowest BCUT2D eigenvalue weighted by molar-refractivity contribution is 0.865. The molecule has 0 aromatic heterocycles. The zero-order chi connectivity index (χ0) is 14.0. The summed E-state index contributed by atoms with van der Waals surface area (Å²) in [5, 5.41) is 0.815. The van der Waals surface area contributed by atoms with Crippen molar-refractivity contribution in [3.8, 4) is 0 Å². The van der Waals surface area contributed by atoms with Gasteiger partial charge in [-0.25, -0.2) is 0 Å². The van der Waals surface area contributed by atoms with Crippen LogP contribution in [0.15, 0.2) is 42.5 Å². The van der Waals surface area contributed by atoms with Gasteiger partial charge in [0.05, 0.1) is 4.83 Å². The van der Waals surface area contributed by atoms with Crippen LogP contribution in [0.2, 0.25) is 5.02 Å². The van der Waals surface area contributed by atoms with Crippen molar-refractivity contribution in [2.45, 2.75) is 31.5 Å². The van der Waals surface area contributed by atoms with Crippen LogP contribution >= 0.6 is 27.5 Å². The standard InChI is InChI=1S/C17H18BrCl/c1-11(2)13-5-7-14(8-6-13)17(18)15-9-4-12(3)10-16(15)19/h4-11,17H,1-3H3. The molecule has 0 aliphatic rings. The molecular weight excluding hydrogens is 320 g/mol. The number of aryl methyl sites for hydroxylation is 1. The van der Waals surface area contributed by atoms with E-state index in [2.05, 4.69) is 73.1 Å². The number of hydrogen-bond donors (Lipinski definition) is 0. The second kappa shape index (κ2) is 6.11. The first-order chi connectivity index (χ1) is 8.99. The van der Waals surface area contributed by atoms with E-state index in [4.69, 9.17) is 11.6 Å². The summed E-state index contributed by atoms with van der Waals surface area (Å²) >= 11 is 10.1. The average Bonchev–Trinajstić information content (AvgIpc) is 2.38. The molecule has 2 aromatic rings.